The van der Waals surface area contributed by atoms with Crippen LogP contribution in [0.25, 0.3) is 194 Å². The Bertz CT molecular complexity index is 7440. The predicted molar refractivity (Wildman–Crippen MR) is 468 cm³/mol. The van der Waals surface area contributed by atoms with Gasteiger partial charge in [-0.05, 0) is 245 Å². The maximum atomic E-state index is 5.66. The molecule has 0 bridgehead atoms. The average molecular weight is 1430 g/mol. The van der Waals surface area contributed by atoms with Crippen molar-refractivity contribution in [3.8, 4) is 118 Å². The van der Waals surface area contributed by atoms with Crippen molar-refractivity contribution in [1.82, 2.24) is 23.7 Å². The molecule has 5 nitrogen and oxygen atoms in total. The normalized spacial score (nSPS) is 14.0. The van der Waals surface area contributed by atoms with Crippen molar-refractivity contribution in [3.63, 3.8) is 0 Å². The lowest BCUT2D eigenvalue weighted by molar-refractivity contribution is 0.660. The van der Waals surface area contributed by atoms with Crippen LogP contribution < -0.4 is 0 Å². The van der Waals surface area contributed by atoms with Crippen molar-refractivity contribution in [3.05, 3.63) is 379 Å². The third kappa shape index (κ3) is 9.37. The monoisotopic (exact) mass is 1430 g/mol. The van der Waals surface area contributed by atoms with Crippen LogP contribution in [0.2, 0.25) is 0 Å². The quantitative estimate of drug-likeness (QED) is 0.144. The van der Waals surface area contributed by atoms with Gasteiger partial charge in [-0.2, -0.15) is 0 Å². The molecular weight excluding hydrogens is 1360 g/mol. The van der Waals surface area contributed by atoms with Crippen molar-refractivity contribution in [1.29, 1.82) is 0 Å². The second-order valence-electron chi connectivity index (χ2n) is 32.8. The van der Waals surface area contributed by atoms with E-state index in [-0.39, 0.29) is 16.2 Å². The van der Waals surface area contributed by atoms with Gasteiger partial charge in [-0.15, -0.1) is 0 Å². The molecular formula is C107H75N5. The largest absolute Gasteiger partial charge is 0.309 e. The number of nitrogens with zero attached hydrogens (tertiary/aromatic N) is 5. The van der Waals surface area contributed by atoms with Crippen LogP contribution in [0.1, 0.15) is 74.9 Å². The zero-order valence-corrected chi connectivity index (χ0v) is 63.1. The van der Waals surface area contributed by atoms with Gasteiger partial charge in [0.25, 0.3) is 0 Å². The van der Waals surface area contributed by atoms with E-state index in [0.29, 0.717) is 5.82 Å². The molecule has 16 aromatic carbocycles. The first-order valence-corrected chi connectivity index (χ1v) is 39.3. The Morgan fingerprint density at radius 2 is 0.473 bits per heavy atom. The van der Waals surface area contributed by atoms with E-state index in [4.69, 9.17) is 9.97 Å². The third-order valence-electron chi connectivity index (χ3n) is 25.7. The molecule has 0 N–H and O–H groups in total. The van der Waals surface area contributed by atoms with Crippen LogP contribution in [-0.2, 0) is 16.2 Å². The smallest absolute Gasteiger partial charge is 0.160 e. The average Bonchev–Trinajstić information content (AvgIpc) is 1.62. The van der Waals surface area contributed by atoms with E-state index in [1.807, 2.05) is 0 Å². The summed E-state index contributed by atoms with van der Waals surface area (Å²) in [4.78, 5) is 11.1. The molecule has 0 saturated heterocycles. The molecule has 4 aromatic heterocycles. The minimum absolute atomic E-state index is 0.0788. The van der Waals surface area contributed by atoms with E-state index >= 15 is 0 Å². The molecule has 0 spiro atoms. The zero-order valence-electron chi connectivity index (χ0n) is 63.1. The molecule has 3 aliphatic carbocycles. The van der Waals surface area contributed by atoms with Crippen molar-refractivity contribution >= 4 is 76.3 Å². The highest BCUT2D eigenvalue weighted by atomic mass is 15.0. The molecule has 20 aromatic rings. The molecule has 5 heteroatoms. The lowest BCUT2D eigenvalue weighted by atomic mass is 9.81. The summed E-state index contributed by atoms with van der Waals surface area (Å²) in [7, 11) is 0. The summed E-state index contributed by atoms with van der Waals surface area (Å²) in [6.07, 6.45) is 0. The van der Waals surface area contributed by atoms with E-state index in [2.05, 4.69) is 401 Å². The van der Waals surface area contributed by atoms with Gasteiger partial charge in [-0.1, -0.05) is 254 Å². The molecule has 528 valence electrons. The van der Waals surface area contributed by atoms with Crippen molar-refractivity contribution < 1.29 is 0 Å². The van der Waals surface area contributed by atoms with Crippen molar-refractivity contribution in [2.24, 2.45) is 0 Å². The first kappa shape index (κ1) is 64.3. The molecule has 112 heavy (non-hydrogen) atoms. The lowest BCUT2D eigenvalue weighted by Gasteiger charge is -2.22. The molecule has 4 heterocycles. The Hall–Kier alpha value is -13.7. The highest BCUT2D eigenvalue weighted by Gasteiger charge is 2.38. The van der Waals surface area contributed by atoms with E-state index in [1.54, 1.807) is 0 Å². The maximum Gasteiger partial charge on any atom is 0.160 e. The summed E-state index contributed by atoms with van der Waals surface area (Å²) in [6, 6.07) is 129. The summed E-state index contributed by atoms with van der Waals surface area (Å²) in [5, 5.41) is 8.32. The topological polar surface area (TPSA) is 40.6 Å². The maximum absolute atomic E-state index is 5.66. The molecule has 0 unspecified atom stereocenters. The second kappa shape index (κ2) is 23.6. The summed E-state index contributed by atoms with van der Waals surface area (Å²) in [6.45, 7) is 14.2. The van der Waals surface area contributed by atoms with E-state index < -0.39 is 0 Å². The SMILES string of the molecule is CC1(C)c2ccccc2-c2ccc(-c3ccc4c(c3)c3ccccc3n4-c3ccc(-c4ccc5nc(-c6ccc(-n7c8ccccc8c8cc(-c9ccc%10c(c9)C(C)(C)c9ccccc9-%10)ccc87)cc6)nc(-c6ccc(-n7c8ccccc8c8cc(-c9ccc%10c(c9)C(C)(C)c9ccccc9-%10)ccc87)cc6)c5c4)cc3)cc21. The first-order valence-electron chi connectivity index (χ1n) is 39.3. The van der Waals surface area contributed by atoms with E-state index in [9.17, 15) is 0 Å². The molecule has 0 saturated carbocycles. The zero-order chi connectivity index (χ0) is 74.6. The highest BCUT2D eigenvalue weighted by molar-refractivity contribution is 6.13. The lowest BCUT2D eigenvalue weighted by Crippen LogP contribution is -2.14. The van der Waals surface area contributed by atoms with Crippen LogP contribution in [0, 0.1) is 0 Å². The van der Waals surface area contributed by atoms with Crippen molar-refractivity contribution in [2.75, 3.05) is 0 Å². The Kier molecular flexibility index (Phi) is 13.6. The summed E-state index contributed by atoms with van der Waals surface area (Å²) in [5.74, 6) is 0.665. The van der Waals surface area contributed by atoms with Gasteiger partial charge in [-0.3, -0.25) is 0 Å². The molecule has 0 amide bonds. The summed E-state index contributed by atoms with van der Waals surface area (Å²) in [5.41, 5.74) is 39.5. The van der Waals surface area contributed by atoms with Crippen LogP contribution in [0.4, 0.5) is 0 Å². The number of benzene rings is 16. The fourth-order valence-electron chi connectivity index (χ4n) is 19.9. The summed E-state index contributed by atoms with van der Waals surface area (Å²) < 4.78 is 7.24. The van der Waals surface area contributed by atoms with Gasteiger partial charge in [0.2, 0.25) is 0 Å². The standard InChI is InChI=1S/C107H75N5/c1-105(2)90-25-13-7-19-77(90)80-50-37-71(61-93(80)105)68-41-54-100-86(57-68)83-22-10-16-28-97(83)110(100)74-44-31-64(32-45-74)67-40-53-96-89(60-67)103(65-33-46-75(47-34-65)111-98-29-17-11-23-84(98)87-58-69(42-55-101(87)111)72-38-51-81-78-20-8-14-26-91(78)106(3,4)94(81)62-72)109-104(108-96)66-35-48-76(49-36-66)112-99-30-18-12-24-85(99)88-59-70(43-56-102(88)112)73-39-52-82-79-21-9-15-27-92(79)107(5,6)95(82)63-73/h7-63H,1-6H3. The van der Waals surface area contributed by atoms with Crippen LogP contribution in [0.5, 0.6) is 0 Å². The Morgan fingerprint density at radius 1 is 0.196 bits per heavy atom. The van der Waals surface area contributed by atoms with Crippen LogP contribution in [-0.4, -0.2) is 23.7 Å². The van der Waals surface area contributed by atoms with Crippen LogP contribution >= 0.6 is 0 Å². The minimum atomic E-state index is -0.0890. The fraction of sp³-hybridized carbons (Fsp3) is 0.0841. The van der Waals surface area contributed by atoms with Crippen LogP contribution in [0.15, 0.2) is 346 Å². The number of fused-ring (bicyclic) bond motifs is 19. The Morgan fingerprint density at radius 3 is 0.866 bits per heavy atom. The van der Waals surface area contributed by atoms with Gasteiger partial charge in [0, 0.05) is 82.1 Å². The van der Waals surface area contributed by atoms with Gasteiger partial charge in [-0.25, -0.2) is 9.97 Å². The van der Waals surface area contributed by atoms with Gasteiger partial charge in [0.1, 0.15) is 0 Å². The minimum Gasteiger partial charge on any atom is -0.309 e. The van der Waals surface area contributed by atoms with Crippen LogP contribution in [0.3, 0.4) is 0 Å². The number of rotatable bonds is 9. The second-order valence-corrected chi connectivity index (χ2v) is 32.8. The fourth-order valence-corrected chi connectivity index (χ4v) is 19.9. The van der Waals surface area contributed by atoms with Gasteiger partial charge < -0.3 is 13.7 Å². The van der Waals surface area contributed by atoms with E-state index in [1.165, 1.54) is 143 Å². The molecule has 0 aliphatic heterocycles. The molecule has 0 radical (unpaired) electrons. The number of hydrogen-bond donors (Lipinski definition) is 0. The van der Waals surface area contributed by atoms with E-state index in [0.717, 1.165) is 78.0 Å². The molecule has 0 fully saturated rings. The molecule has 3 aliphatic rings. The first-order chi connectivity index (χ1) is 54.8. The Labute approximate surface area is 650 Å². The molecule has 0 atom stereocenters. The number of aromatic nitrogens is 5. The van der Waals surface area contributed by atoms with Gasteiger partial charge >= 0.3 is 0 Å². The van der Waals surface area contributed by atoms with Gasteiger partial charge in [0.15, 0.2) is 5.82 Å². The predicted octanol–water partition coefficient (Wildman–Crippen LogP) is 27.8. The molecule has 23 rings (SSSR count). The highest BCUT2D eigenvalue weighted by Crippen LogP contribution is 2.54. The number of para-hydroxylation sites is 3. The van der Waals surface area contributed by atoms with Crippen molar-refractivity contribution in [2.45, 2.75) is 57.8 Å². The van der Waals surface area contributed by atoms with Gasteiger partial charge in [0.05, 0.1) is 44.3 Å². The summed E-state index contributed by atoms with van der Waals surface area (Å²) >= 11 is 0. The number of hydrogen-bond acceptors (Lipinski definition) is 2. The Balaban J connectivity index is 0.613. The third-order valence-corrected chi connectivity index (χ3v) is 25.7.